The van der Waals surface area contributed by atoms with Gasteiger partial charge in [0.1, 0.15) is 18.1 Å². The van der Waals surface area contributed by atoms with E-state index >= 15 is 0 Å². The molecule has 19 heavy (non-hydrogen) atoms. The molecule has 2 aromatic carbocycles. The van der Waals surface area contributed by atoms with E-state index in [4.69, 9.17) is 4.74 Å². The first-order valence-electron chi connectivity index (χ1n) is 6.21. The Labute approximate surface area is 111 Å². The average Bonchev–Trinajstić information content (AvgIpc) is 2.78. The van der Waals surface area contributed by atoms with Crippen molar-refractivity contribution >= 4 is 10.9 Å². The van der Waals surface area contributed by atoms with E-state index in [0.29, 0.717) is 12.4 Å². The SMILES string of the molecule is Cc1ccc2[nH]c(COc3cccc(O)c3)cc2c1. The molecule has 0 saturated carbocycles. The van der Waals surface area contributed by atoms with Gasteiger partial charge in [0.25, 0.3) is 0 Å². The van der Waals surface area contributed by atoms with E-state index in [-0.39, 0.29) is 5.75 Å². The van der Waals surface area contributed by atoms with E-state index in [1.807, 2.05) is 6.07 Å². The number of benzene rings is 2. The van der Waals surface area contributed by atoms with Crippen molar-refractivity contribution in [3.8, 4) is 11.5 Å². The van der Waals surface area contributed by atoms with Crippen LogP contribution in [-0.2, 0) is 6.61 Å². The van der Waals surface area contributed by atoms with Gasteiger partial charge in [-0.05, 0) is 37.3 Å². The number of aryl methyl sites for hydroxylation is 1. The van der Waals surface area contributed by atoms with E-state index in [9.17, 15) is 5.11 Å². The standard InChI is InChI=1S/C16H15NO2/c1-11-5-6-16-12(7-11)8-13(17-16)10-19-15-4-2-3-14(18)9-15/h2-9,17-18H,10H2,1H3. The van der Waals surface area contributed by atoms with Crippen LogP contribution in [0.5, 0.6) is 11.5 Å². The number of fused-ring (bicyclic) bond motifs is 1. The Morgan fingerprint density at radius 2 is 2.00 bits per heavy atom. The van der Waals surface area contributed by atoms with Gasteiger partial charge < -0.3 is 14.8 Å². The molecule has 1 heterocycles. The zero-order valence-corrected chi connectivity index (χ0v) is 10.7. The highest BCUT2D eigenvalue weighted by atomic mass is 16.5. The Balaban J connectivity index is 1.78. The van der Waals surface area contributed by atoms with Gasteiger partial charge >= 0.3 is 0 Å². The molecule has 0 aliphatic heterocycles. The van der Waals surface area contributed by atoms with Crippen LogP contribution in [0.1, 0.15) is 11.3 Å². The highest BCUT2D eigenvalue weighted by molar-refractivity contribution is 5.81. The molecule has 0 fully saturated rings. The number of phenolic OH excluding ortho intramolecular Hbond substituents is 1. The fourth-order valence-electron chi connectivity index (χ4n) is 2.12. The minimum atomic E-state index is 0.213. The summed E-state index contributed by atoms with van der Waals surface area (Å²) in [6.07, 6.45) is 0. The molecule has 0 unspecified atom stereocenters. The van der Waals surface area contributed by atoms with Crippen LogP contribution in [0.15, 0.2) is 48.5 Å². The second-order valence-corrected chi connectivity index (χ2v) is 4.67. The van der Waals surface area contributed by atoms with E-state index < -0.39 is 0 Å². The van der Waals surface area contributed by atoms with Crippen molar-refractivity contribution in [3.63, 3.8) is 0 Å². The van der Waals surface area contributed by atoms with Crippen LogP contribution in [0.2, 0.25) is 0 Å². The maximum atomic E-state index is 9.37. The van der Waals surface area contributed by atoms with Gasteiger partial charge in [0.05, 0.1) is 5.69 Å². The molecule has 0 aliphatic carbocycles. The summed E-state index contributed by atoms with van der Waals surface area (Å²) >= 11 is 0. The number of hydrogen-bond acceptors (Lipinski definition) is 2. The first kappa shape index (κ1) is 11.7. The summed E-state index contributed by atoms with van der Waals surface area (Å²) in [6, 6.07) is 15.2. The number of rotatable bonds is 3. The third-order valence-corrected chi connectivity index (χ3v) is 3.04. The number of nitrogens with one attached hydrogen (secondary N) is 1. The molecule has 96 valence electrons. The minimum absolute atomic E-state index is 0.213. The van der Waals surface area contributed by atoms with Crippen LogP contribution in [-0.4, -0.2) is 10.1 Å². The fraction of sp³-hybridized carbons (Fsp3) is 0.125. The molecule has 1 aromatic heterocycles. The average molecular weight is 253 g/mol. The van der Waals surface area contributed by atoms with Gasteiger partial charge in [0.15, 0.2) is 0 Å². The third-order valence-electron chi connectivity index (χ3n) is 3.04. The second kappa shape index (κ2) is 4.69. The van der Waals surface area contributed by atoms with E-state index in [1.165, 1.54) is 10.9 Å². The van der Waals surface area contributed by atoms with Crippen molar-refractivity contribution in [2.45, 2.75) is 13.5 Å². The lowest BCUT2D eigenvalue weighted by Crippen LogP contribution is -1.94. The smallest absolute Gasteiger partial charge is 0.128 e. The number of aromatic nitrogens is 1. The van der Waals surface area contributed by atoms with Gasteiger partial charge in [-0.1, -0.05) is 17.7 Å². The maximum absolute atomic E-state index is 9.37. The van der Waals surface area contributed by atoms with Crippen LogP contribution >= 0.6 is 0 Å². The van der Waals surface area contributed by atoms with E-state index in [0.717, 1.165) is 11.2 Å². The Hall–Kier alpha value is -2.42. The van der Waals surface area contributed by atoms with E-state index in [1.54, 1.807) is 18.2 Å². The molecule has 0 radical (unpaired) electrons. The molecule has 0 bridgehead atoms. The molecule has 0 spiro atoms. The Kier molecular flexibility index (Phi) is 2.88. The molecule has 3 nitrogen and oxygen atoms in total. The van der Waals surface area contributed by atoms with Gasteiger partial charge in [-0.15, -0.1) is 0 Å². The van der Waals surface area contributed by atoms with Crippen molar-refractivity contribution in [1.29, 1.82) is 0 Å². The Morgan fingerprint density at radius 3 is 2.84 bits per heavy atom. The van der Waals surface area contributed by atoms with Crippen LogP contribution in [0.4, 0.5) is 0 Å². The highest BCUT2D eigenvalue weighted by Crippen LogP contribution is 2.21. The second-order valence-electron chi connectivity index (χ2n) is 4.67. The number of phenols is 1. The number of ether oxygens (including phenoxy) is 1. The van der Waals surface area contributed by atoms with Gasteiger partial charge in [0.2, 0.25) is 0 Å². The predicted molar refractivity (Wildman–Crippen MR) is 75.5 cm³/mol. The number of H-pyrrole nitrogens is 1. The van der Waals surface area contributed by atoms with Crippen molar-refractivity contribution in [1.82, 2.24) is 4.98 Å². The van der Waals surface area contributed by atoms with Crippen molar-refractivity contribution in [2.75, 3.05) is 0 Å². The summed E-state index contributed by atoms with van der Waals surface area (Å²) in [5, 5.41) is 10.6. The summed E-state index contributed by atoms with van der Waals surface area (Å²) in [6.45, 7) is 2.53. The lowest BCUT2D eigenvalue weighted by molar-refractivity contribution is 0.300. The van der Waals surface area contributed by atoms with Gasteiger partial charge in [0, 0.05) is 17.0 Å². The monoisotopic (exact) mass is 253 g/mol. The molecule has 0 saturated heterocycles. The van der Waals surface area contributed by atoms with Crippen LogP contribution in [0.25, 0.3) is 10.9 Å². The first-order valence-corrected chi connectivity index (χ1v) is 6.21. The molecule has 3 rings (SSSR count). The largest absolute Gasteiger partial charge is 0.508 e. The zero-order valence-electron chi connectivity index (χ0n) is 10.7. The molecule has 0 aliphatic rings. The fourth-order valence-corrected chi connectivity index (χ4v) is 2.12. The molecule has 0 atom stereocenters. The number of aromatic hydroxyl groups is 1. The predicted octanol–water partition coefficient (Wildman–Crippen LogP) is 3.76. The minimum Gasteiger partial charge on any atom is -0.508 e. The molecular weight excluding hydrogens is 238 g/mol. The lowest BCUT2D eigenvalue weighted by Gasteiger charge is -2.04. The highest BCUT2D eigenvalue weighted by Gasteiger charge is 2.02. The van der Waals surface area contributed by atoms with Crippen molar-refractivity contribution < 1.29 is 9.84 Å². The van der Waals surface area contributed by atoms with Crippen molar-refractivity contribution in [2.24, 2.45) is 0 Å². The van der Waals surface area contributed by atoms with E-state index in [2.05, 4.69) is 36.2 Å². The maximum Gasteiger partial charge on any atom is 0.128 e. The lowest BCUT2D eigenvalue weighted by atomic mass is 10.2. The number of aromatic amines is 1. The Bertz CT molecular complexity index is 716. The quantitative estimate of drug-likeness (QED) is 0.746. The van der Waals surface area contributed by atoms with Gasteiger partial charge in [-0.3, -0.25) is 0 Å². The summed E-state index contributed by atoms with van der Waals surface area (Å²) < 4.78 is 5.64. The summed E-state index contributed by atoms with van der Waals surface area (Å²) in [5.74, 6) is 0.875. The van der Waals surface area contributed by atoms with Crippen LogP contribution in [0, 0.1) is 6.92 Å². The molecule has 3 heteroatoms. The normalized spacial score (nSPS) is 10.8. The Morgan fingerprint density at radius 1 is 1.11 bits per heavy atom. The molecule has 3 aromatic rings. The molecular formula is C16H15NO2. The molecule has 0 amide bonds. The van der Waals surface area contributed by atoms with Crippen LogP contribution in [0.3, 0.4) is 0 Å². The topological polar surface area (TPSA) is 45.2 Å². The summed E-state index contributed by atoms with van der Waals surface area (Å²) in [4.78, 5) is 3.32. The van der Waals surface area contributed by atoms with Gasteiger partial charge in [-0.2, -0.15) is 0 Å². The third kappa shape index (κ3) is 2.55. The molecule has 2 N–H and O–H groups in total. The van der Waals surface area contributed by atoms with Gasteiger partial charge in [-0.25, -0.2) is 0 Å². The van der Waals surface area contributed by atoms with Crippen LogP contribution < -0.4 is 4.74 Å². The zero-order chi connectivity index (χ0) is 13.2. The summed E-state index contributed by atoms with van der Waals surface area (Å²) in [5.41, 5.74) is 3.37. The van der Waals surface area contributed by atoms with Crippen molar-refractivity contribution in [3.05, 3.63) is 59.8 Å². The first-order chi connectivity index (χ1) is 9.20. The number of hydrogen-bond donors (Lipinski definition) is 2. The summed E-state index contributed by atoms with van der Waals surface area (Å²) in [7, 11) is 0.